The van der Waals surface area contributed by atoms with Crippen LogP contribution in [0.2, 0.25) is 0 Å². The van der Waals surface area contributed by atoms with Crippen LogP contribution >= 0.6 is 0 Å². The lowest BCUT2D eigenvalue weighted by atomic mass is 9.76. The first-order valence-corrected chi connectivity index (χ1v) is 15.4. The average molecular weight is 548 g/mol. The van der Waals surface area contributed by atoms with Gasteiger partial charge >= 0.3 is 0 Å². The summed E-state index contributed by atoms with van der Waals surface area (Å²) in [6, 6.07) is 20.9. The van der Waals surface area contributed by atoms with E-state index in [4.69, 9.17) is 0 Å². The number of benzene rings is 1. The van der Waals surface area contributed by atoms with Crippen molar-refractivity contribution in [2.24, 2.45) is 0 Å². The van der Waals surface area contributed by atoms with E-state index in [0.29, 0.717) is 17.9 Å². The first-order chi connectivity index (χ1) is 19.5. The lowest BCUT2D eigenvalue weighted by molar-refractivity contribution is -0.751. The zero-order valence-electron chi connectivity index (χ0n) is 26.5. The van der Waals surface area contributed by atoms with E-state index in [2.05, 4.69) is 149 Å². The van der Waals surface area contributed by atoms with E-state index in [9.17, 15) is 0 Å². The van der Waals surface area contributed by atoms with Gasteiger partial charge in [-0.2, -0.15) is 9.13 Å². The number of aromatic amines is 1. The molecule has 1 N–H and O–H groups in total. The molecule has 214 valence electrons. The van der Waals surface area contributed by atoms with Crippen LogP contribution in [-0.2, 0) is 5.41 Å². The van der Waals surface area contributed by atoms with Crippen LogP contribution in [-0.4, -0.2) is 4.98 Å². The molecule has 1 aliphatic rings. The van der Waals surface area contributed by atoms with E-state index in [0.717, 1.165) is 19.3 Å². The van der Waals surface area contributed by atoms with Gasteiger partial charge in [0.2, 0.25) is 5.69 Å². The second kappa shape index (κ2) is 11.4. The number of nitrogens with zero attached hydrogens (tertiary/aromatic N) is 2. The summed E-state index contributed by atoms with van der Waals surface area (Å²) in [5, 5.41) is 0. The number of allylic oxidation sites excluding steroid dienone is 1. The molecule has 3 heteroatoms. The lowest BCUT2D eigenvalue weighted by Gasteiger charge is -2.32. The van der Waals surface area contributed by atoms with Crippen molar-refractivity contribution in [2.45, 2.75) is 104 Å². The van der Waals surface area contributed by atoms with Gasteiger partial charge in [0.1, 0.15) is 0 Å². The minimum absolute atomic E-state index is 0.0951. The molecule has 0 aliphatic carbocycles. The van der Waals surface area contributed by atoms with Gasteiger partial charge < -0.3 is 4.98 Å². The quantitative estimate of drug-likeness (QED) is 0.168. The van der Waals surface area contributed by atoms with Gasteiger partial charge in [-0.3, -0.25) is 0 Å². The van der Waals surface area contributed by atoms with Crippen LogP contribution in [0.3, 0.4) is 0 Å². The fourth-order valence-corrected chi connectivity index (χ4v) is 7.26. The van der Waals surface area contributed by atoms with Crippen LogP contribution in [0.15, 0.2) is 79.6 Å². The SMILES string of the molecule is C=CC(CC1C(CC[C@H](C)c2c(C)[nH]c(C)c2C)c2ccccc2-c2cccc[n+]21)[n+]1cc(C(C)(C)C)ccc1C. The van der Waals surface area contributed by atoms with Gasteiger partial charge in [-0.25, -0.2) is 0 Å². The molecule has 5 rings (SSSR count). The van der Waals surface area contributed by atoms with Crippen LogP contribution in [0.1, 0.15) is 110 Å². The van der Waals surface area contributed by atoms with Gasteiger partial charge in [0.25, 0.3) is 0 Å². The van der Waals surface area contributed by atoms with E-state index < -0.39 is 0 Å². The van der Waals surface area contributed by atoms with Crippen LogP contribution in [0.4, 0.5) is 0 Å². The highest BCUT2D eigenvalue weighted by atomic mass is 15.1. The molecular weight excluding hydrogens is 498 g/mol. The Labute approximate surface area is 248 Å². The monoisotopic (exact) mass is 547 g/mol. The topological polar surface area (TPSA) is 23.5 Å². The first-order valence-electron chi connectivity index (χ1n) is 15.4. The molecule has 3 aromatic heterocycles. The van der Waals surface area contributed by atoms with E-state index in [-0.39, 0.29) is 11.5 Å². The second-order valence-electron chi connectivity index (χ2n) is 13.4. The number of H-pyrrole nitrogens is 1. The molecule has 3 nitrogen and oxygen atoms in total. The largest absolute Gasteiger partial charge is 0.362 e. The Morgan fingerprint density at radius 3 is 2.37 bits per heavy atom. The Hall–Kier alpha value is -3.46. The van der Waals surface area contributed by atoms with Crippen molar-refractivity contribution >= 4 is 0 Å². The molecule has 4 heterocycles. The Morgan fingerprint density at radius 1 is 0.951 bits per heavy atom. The minimum Gasteiger partial charge on any atom is -0.362 e. The standard InChI is InChI=1S/C38H49N3/c1-10-31(41-24-30(38(7,8)9)20-19-26(41)3)23-36-34(21-18-25(2)37-27(4)28(5)39-29(37)6)32-15-11-12-16-33(32)35-17-13-14-22-40(35)36/h10-17,19-20,22,24-25,31,34,36,39H,1,18,21,23H2,2-9H3/q+2/t25-,31?,34?,36?/m0/s1. The van der Waals surface area contributed by atoms with Gasteiger partial charge in [0.05, 0.1) is 6.42 Å². The lowest BCUT2D eigenvalue weighted by Crippen LogP contribution is -2.51. The van der Waals surface area contributed by atoms with E-state index >= 15 is 0 Å². The highest BCUT2D eigenvalue weighted by Crippen LogP contribution is 2.44. The maximum absolute atomic E-state index is 4.36. The van der Waals surface area contributed by atoms with Crippen molar-refractivity contribution in [3.05, 3.63) is 119 Å². The summed E-state index contributed by atoms with van der Waals surface area (Å²) in [6.45, 7) is 22.6. The smallest absolute Gasteiger partial charge is 0.213 e. The fraction of sp³-hybridized carbons (Fsp3) is 0.421. The fourth-order valence-electron chi connectivity index (χ4n) is 7.26. The first kappa shape index (κ1) is 29.0. The number of aryl methyl sites for hydroxylation is 3. The maximum Gasteiger partial charge on any atom is 0.213 e. The van der Waals surface area contributed by atoms with Gasteiger partial charge in [0, 0.05) is 53.6 Å². The third-order valence-corrected chi connectivity index (χ3v) is 9.66. The zero-order chi connectivity index (χ0) is 29.5. The summed E-state index contributed by atoms with van der Waals surface area (Å²) in [5.41, 5.74) is 12.5. The summed E-state index contributed by atoms with van der Waals surface area (Å²) in [7, 11) is 0. The minimum atomic E-state index is 0.0951. The van der Waals surface area contributed by atoms with Crippen molar-refractivity contribution in [2.75, 3.05) is 0 Å². The number of fused-ring (bicyclic) bond motifs is 3. The molecule has 0 saturated heterocycles. The second-order valence-corrected chi connectivity index (χ2v) is 13.4. The number of hydrogen-bond donors (Lipinski definition) is 1. The van der Waals surface area contributed by atoms with Crippen molar-refractivity contribution in [1.29, 1.82) is 0 Å². The van der Waals surface area contributed by atoms with Gasteiger partial charge in [-0.05, 0) is 85.9 Å². The Balaban J connectivity index is 1.54. The Morgan fingerprint density at radius 2 is 1.68 bits per heavy atom. The molecule has 0 fully saturated rings. The summed E-state index contributed by atoms with van der Waals surface area (Å²) >= 11 is 0. The van der Waals surface area contributed by atoms with Crippen LogP contribution in [0, 0.1) is 27.7 Å². The van der Waals surface area contributed by atoms with Crippen LogP contribution in [0.5, 0.6) is 0 Å². The molecular formula is C38H49N3+2. The predicted molar refractivity (Wildman–Crippen MR) is 170 cm³/mol. The van der Waals surface area contributed by atoms with Crippen LogP contribution < -0.4 is 9.13 Å². The molecule has 0 amide bonds. The van der Waals surface area contributed by atoms with Gasteiger partial charge in [0.15, 0.2) is 30.2 Å². The Bertz CT molecular complexity index is 1550. The highest BCUT2D eigenvalue weighted by Gasteiger charge is 2.42. The summed E-state index contributed by atoms with van der Waals surface area (Å²) in [6.07, 6.45) is 10.1. The summed E-state index contributed by atoms with van der Waals surface area (Å²) < 4.78 is 5.03. The third kappa shape index (κ3) is 5.56. The number of pyridine rings is 2. The van der Waals surface area contributed by atoms with Crippen molar-refractivity contribution in [1.82, 2.24) is 4.98 Å². The maximum atomic E-state index is 4.36. The third-order valence-electron chi connectivity index (χ3n) is 9.66. The molecule has 4 aromatic rings. The molecule has 4 atom stereocenters. The molecule has 0 radical (unpaired) electrons. The van der Waals surface area contributed by atoms with Crippen molar-refractivity contribution in [3.8, 4) is 11.3 Å². The average Bonchev–Trinajstić information content (AvgIpc) is 3.21. The number of aromatic nitrogens is 3. The van der Waals surface area contributed by atoms with E-state index in [1.165, 1.54) is 50.6 Å². The molecule has 0 saturated carbocycles. The molecule has 1 aromatic carbocycles. The predicted octanol–water partition coefficient (Wildman–Crippen LogP) is 8.83. The molecule has 0 bridgehead atoms. The number of rotatable bonds is 8. The van der Waals surface area contributed by atoms with Gasteiger partial charge in [-0.15, -0.1) is 0 Å². The normalized spacial score (nSPS) is 18.0. The van der Waals surface area contributed by atoms with E-state index in [1.54, 1.807) is 0 Å². The van der Waals surface area contributed by atoms with E-state index in [1.807, 2.05) is 0 Å². The number of hydrogen-bond acceptors (Lipinski definition) is 0. The number of nitrogens with one attached hydrogen (secondary N) is 1. The van der Waals surface area contributed by atoms with Crippen molar-refractivity contribution in [3.63, 3.8) is 0 Å². The Kier molecular flexibility index (Phi) is 8.10. The zero-order valence-corrected chi connectivity index (χ0v) is 26.5. The molecule has 1 aliphatic heterocycles. The summed E-state index contributed by atoms with van der Waals surface area (Å²) in [5.74, 6) is 0.925. The molecule has 0 spiro atoms. The van der Waals surface area contributed by atoms with Gasteiger partial charge in [-0.1, -0.05) is 52.5 Å². The molecule has 3 unspecified atom stereocenters. The highest BCUT2D eigenvalue weighted by molar-refractivity contribution is 5.63. The molecule has 41 heavy (non-hydrogen) atoms. The summed E-state index contributed by atoms with van der Waals surface area (Å²) in [4.78, 5) is 3.59. The van der Waals surface area contributed by atoms with Crippen molar-refractivity contribution < 1.29 is 9.13 Å². The van der Waals surface area contributed by atoms with Crippen LogP contribution in [0.25, 0.3) is 11.3 Å².